The molecule has 2 aliphatic carbocycles. The minimum Gasteiger partial charge on any atom is -0.462 e. The monoisotopic (exact) mass is 442 g/mol. The first kappa shape index (κ1) is 20.2. The number of hydrogen-bond acceptors (Lipinski definition) is 5. The van der Waals surface area contributed by atoms with Crippen LogP contribution in [-0.4, -0.2) is 24.0 Å². The Kier molecular flexibility index (Phi) is 4.64. The van der Waals surface area contributed by atoms with Crippen LogP contribution in [0.3, 0.4) is 0 Å². The number of nitrogens with zero attached hydrogens (tertiary/aromatic N) is 2. The first-order valence-electron chi connectivity index (χ1n) is 11.8. The summed E-state index contributed by atoms with van der Waals surface area (Å²) in [6, 6.07) is 11.3. The van der Waals surface area contributed by atoms with Crippen molar-refractivity contribution < 1.29 is 14.5 Å². The van der Waals surface area contributed by atoms with Crippen molar-refractivity contribution in [2.75, 3.05) is 18.1 Å². The number of benzene rings is 2. The van der Waals surface area contributed by atoms with Gasteiger partial charge in [-0.05, 0) is 60.4 Å². The highest BCUT2D eigenvalue weighted by Gasteiger charge is 2.48. The van der Waals surface area contributed by atoms with E-state index in [0.29, 0.717) is 18.1 Å². The number of ether oxygens (including phenoxy) is 1. The number of carbonyl (C=O) groups excluding carboxylic acids is 1. The minimum atomic E-state index is -0.311. The molecule has 0 saturated carbocycles. The van der Waals surface area contributed by atoms with Crippen LogP contribution < -0.4 is 4.90 Å². The van der Waals surface area contributed by atoms with Crippen molar-refractivity contribution in [3.05, 3.63) is 93.1 Å². The number of non-ortho nitro benzene ring substituents is 1. The first-order chi connectivity index (χ1) is 16.1. The van der Waals surface area contributed by atoms with E-state index in [-0.39, 0.29) is 40.4 Å². The number of hydrogen-bond donors (Lipinski definition) is 0. The molecule has 0 N–H and O–H groups in total. The zero-order chi connectivity index (χ0) is 22.7. The summed E-state index contributed by atoms with van der Waals surface area (Å²) in [5.74, 6) is 0.907. The zero-order valence-electron chi connectivity index (χ0n) is 18.5. The van der Waals surface area contributed by atoms with Gasteiger partial charge in [0.1, 0.15) is 0 Å². The van der Waals surface area contributed by atoms with Gasteiger partial charge >= 0.3 is 5.97 Å². The Morgan fingerprint density at radius 3 is 2.67 bits per heavy atom. The Hall–Kier alpha value is -3.41. The van der Waals surface area contributed by atoms with E-state index in [4.69, 9.17) is 4.74 Å². The molecular formula is C27H26N2O4. The van der Waals surface area contributed by atoms with E-state index in [1.54, 1.807) is 18.2 Å². The van der Waals surface area contributed by atoms with E-state index >= 15 is 0 Å². The molecule has 4 aliphatic rings. The third-order valence-corrected chi connectivity index (χ3v) is 7.78. The predicted octanol–water partition coefficient (Wildman–Crippen LogP) is 5.67. The quantitative estimate of drug-likeness (QED) is 0.264. The second-order valence-electron chi connectivity index (χ2n) is 9.48. The molecule has 2 aromatic rings. The number of anilines is 1. The first-order valence-corrected chi connectivity index (χ1v) is 11.8. The molecular weight excluding hydrogens is 416 g/mol. The van der Waals surface area contributed by atoms with Gasteiger partial charge in [-0.25, -0.2) is 4.79 Å². The summed E-state index contributed by atoms with van der Waals surface area (Å²) < 4.78 is 5.36. The summed E-state index contributed by atoms with van der Waals surface area (Å²) in [5, 5.41) is 11.5. The fourth-order valence-corrected chi connectivity index (χ4v) is 6.51. The van der Waals surface area contributed by atoms with Crippen molar-refractivity contribution in [2.24, 2.45) is 11.8 Å². The van der Waals surface area contributed by atoms with E-state index in [1.807, 2.05) is 25.1 Å². The molecule has 168 valence electrons. The van der Waals surface area contributed by atoms with Crippen molar-refractivity contribution in [3.8, 4) is 0 Å². The smallest absolute Gasteiger partial charge is 0.338 e. The molecule has 2 heterocycles. The fraction of sp³-hybridized carbons (Fsp3) is 0.370. The van der Waals surface area contributed by atoms with Crippen molar-refractivity contribution in [1.82, 2.24) is 0 Å². The van der Waals surface area contributed by atoms with Gasteiger partial charge in [-0.3, -0.25) is 10.1 Å². The lowest BCUT2D eigenvalue weighted by atomic mass is 9.70. The van der Waals surface area contributed by atoms with Crippen LogP contribution in [0.15, 0.2) is 60.7 Å². The van der Waals surface area contributed by atoms with Crippen molar-refractivity contribution >= 4 is 17.3 Å². The van der Waals surface area contributed by atoms with Crippen LogP contribution in [-0.2, 0) is 4.74 Å². The number of allylic oxidation sites excluding steroid dienone is 4. The lowest BCUT2D eigenvalue weighted by Gasteiger charge is -2.51. The molecule has 0 aromatic heterocycles. The average molecular weight is 443 g/mol. The largest absolute Gasteiger partial charge is 0.462 e. The van der Waals surface area contributed by atoms with Gasteiger partial charge < -0.3 is 9.64 Å². The van der Waals surface area contributed by atoms with Crippen molar-refractivity contribution in [3.63, 3.8) is 0 Å². The second kappa shape index (κ2) is 7.58. The summed E-state index contributed by atoms with van der Waals surface area (Å²) in [5.41, 5.74) is 5.35. The Bertz CT molecular complexity index is 1200. The standard InChI is InChI=1S/C27H26N2O4/c1-2-33-27(30)18-13-23-20-9-4-7-17(20)15-28-25(16-6-3-8-19(12-16)29(31)32)22-11-5-10-21(22)24(14-18)26(23)28/h3-6,8-10,12-14,17,20-22,25H,2,7,11,15H2,1H3/t17-,20+,21+,22-,25+/m1/s1. The van der Waals surface area contributed by atoms with Crippen molar-refractivity contribution in [2.45, 2.75) is 37.6 Å². The van der Waals surface area contributed by atoms with Crippen LogP contribution >= 0.6 is 0 Å². The Balaban J connectivity index is 1.55. The minimum absolute atomic E-state index is 0.0612. The summed E-state index contributed by atoms with van der Waals surface area (Å²) in [7, 11) is 0. The number of fused-ring (bicyclic) bond motifs is 4. The molecule has 5 atom stereocenters. The van der Waals surface area contributed by atoms with Crippen LogP contribution in [0.4, 0.5) is 11.4 Å². The second-order valence-corrected chi connectivity index (χ2v) is 9.48. The van der Waals surface area contributed by atoms with E-state index < -0.39 is 0 Å². The van der Waals surface area contributed by atoms with Gasteiger partial charge in [0, 0.05) is 36.2 Å². The molecule has 2 aromatic carbocycles. The number of nitro benzene ring substituents is 1. The molecule has 6 heteroatoms. The fourth-order valence-electron chi connectivity index (χ4n) is 6.51. The topological polar surface area (TPSA) is 72.7 Å². The number of rotatable bonds is 4. The SMILES string of the molecule is CCOC(=O)c1cc2c3c(c1)[C@H]1C=CC[C@H]1[C@H](c1cccc([N+](=O)[O-])c1)N3C[C@H]1CC=C[C@H]21. The van der Waals surface area contributed by atoms with Crippen LogP contribution in [0, 0.1) is 22.0 Å². The summed E-state index contributed by atoms with van der Waals surface area (Å²) in [4.78, 5) is 26.4. The van der Waals surface area contributed by atoms with Gasteiger partial charge in [0.05, 0.1) is 23.1 Å². The number of esters is 1. The molecule has 0 unspecified atom stereocenters. The van der Waals surface area contributed by atoms with Crippen molar-refractivity contribution in [1.29, 1.82) is 0 Å². The van der Waals surface area contributed by atoms with Crippen LogP contribution in [0.25, 0.3) is 0 Å². The molecule has 0 bridgehead atoms. The van der Waals surface area contributed by atoms with E-state index in [2.05, 4.69) is 29.2 Å². The normalized spacial score (nSPS) is 28.3. The molecule has 33 heavy (non-hydrogen) atoms. The summed E-state index contributed by atoms with van der Waals surface area (Å²) in [6.45, 7) is 3.09. The predicted molar refractivity (Wildman–Crippen MR) is 126 cm³/mol. The van der Waals surface area contributed by atoms with Gasteiger partial charge in [0.2, 0.25) is 0 Å². The third kappa shape index (κ3) is 3.04. The Morgan fingerprint density at radius 1 is 1.12 bits per heavy atom. The summed E-state index contributed by atoms with van der Waals surface area (Å²) in [6.07, 6.45) is 10.9. The Morgan fingerprint density at radius 2 is 1.88 bits per heavy atom. The van der Waals surface area contributed by atoms with Gasteiger partial charge in [-0.15, -0.1) is 0 Å². The summed E-state index contributed by atoms with van der Waals surface area (Å²) >= 11 is 0. The van der Waals surface area contributed by atoms with Gasteiger partial charge in [-0.1, -0.05) is 36.4 Å². The Labute approximate surface area is 192 Å². The molecule has 0 amide bonds. The number of nitro groups is 1. The zero-order valence-corrected chi connectivity index (χ0v) is 18.5. The lowest BCUT2D eigenvalue weighted by molar-refractivity contribution is -0.384. The maximum Gasteiger partial charge on any atom is 0.338 e. The molecule has 0 saturated heterocycles. The average Bonchev–Trinajstić information content (AvgIpc) is 3.49. The van der Waals surface area contributed by atoms with Gasteiger partial charge in [0.15, 0.2) is 0 Å². The van der Waals surface area contributed by atoms with Crippen LogP contribution in [0.5, 0.6) is 0 Å². The third-order valence-electron chi connectivity index (χ3n) is 7.78. The molecule has 0 radical (unpaired) electrons. The van der Waals surface area contributed by atoms with Crippen LogP contribution in [0.1, 0.15) is 64.7 Å². The van der Waals surface area contributed by atoms with E-state index in [9.17, 15) is 14.9 Å². The number of carbonyl (C=O) groups is 1. The maximum atomic E-state index is 12.7. The van der Waals surface area contributed by atoms with E-state index in [0.717, 1.165) is 24.9 Å². The molecule has 2 aliphatic heterocycles. The molecule has 6 rings (SSSR count). The molecule has 0 fully saturated rings. The molecule has 0 spiro atoms. The lowest BCUT2D eigenvalue weighted by Crippen LogP contribution is -2.46. The highest BCUT2D eigenvalue weighted by molar-refractivity contribution is 5.92. The maximum absolute atomic E-state index is 12.7. The van der Waals surface area contributed by atoms with E-state index in [1.165, 1.54) is 16.8 Å². The van der Waals surface area contributed by atoms with Gasteiger partial charge in [0.25, 0.3) is 5.69 Å². The van der Waals surface area contributed by atoms with Gasteiger partial charge in [-0.2, -0.15) is 0 Å². The highest BCUT2D eigenvalue weighted by Crippen LogP contribution is 2.59. The molecule has 6 nitrogen and oxygen atoms in total. The van der Waals surface area contributed by atoms with Crippen LogP contribution in [0.2, 0.25) is 0 Å². The highest BCUT2D eigenvalue weighted by atomic mass is 16.6.